The first-order valence-corrected chi connectivity index (χ1v) is 8.19. The Hall–Kier alpha value is -0.970. The molecule has 0 N–H and O–H groups in total. The van der Waals surface area contributed by atoms with E-state index in [9.17, 15) is 0 Å². The molecule has 96 valence electrons. The summed E-state index contributed by atoms with van der Waals surface area (Å²) < 4.78 is 1.29. The molecule has 2 aliphatic heterocycles. The zero-order valence-corrected chi connectivity index (χ0v) is 12.7. The van der Waals surface area contributed by atoms with Gasteiger partial charge in [0.2, 0.25) is 0 Å². The van der Waals surface area contributed by atoms with Gasteiger partial charge in [-0.3, -0.25) is 4.99 Å². The lowest BCUT2D eigenvalue weighted by Crippen LogP contribution is -2.19. The summed E-state index contributed by atoms with van der Waals surface area (Å²) in [4.78, 5) is 8.21. The number of fused-ring (bicyclic) bond motifs is 2. The Labute approximate surface area is 124 Å². The minimum atomic E-state index is 0.798. The summed E-state index contributed by atoms with van der Waals surface area (Å²) in [7, 11) is 0. The third kappa shape index (κ3) is 1.74. The number of thioether (sulfide) groups is 1. The van der Waals surface area contributed by atoms with E-state index in [4.69, 9.17) is 11.6 Å². The Morgan fingerprint density at radius 2 is 2.26 bits per heavy atom. The van der Waals surface area contributed by atoms with Gasteiger partial charge in [0.25, 0.3) is 0 Å². The van der Waals surface area contributed by atoms with E-state index in [1.54, 1.807) is 23.1 Å². The van der Waals surface area contributed by atoms with Crippen molar-refractivity contribution in [2.75, 3.05) is 13.1 Å². The van der Waals surface area contributed by atoms with Crippen LogP contribution in [0.1, 0.15) is 12.5 Å². The van der Waals surface area contributed by atoms with Crippen LogP contribution in [0.25, 0.3) is 15.8 Å². The summed E-state index contributed by atoms with van der Waals surface area (Å²) >= 11 is 9.71. The number of halogens is 1. The first-order chi connectivity index (χ1) is 9.24. The fourth-order valence-corrected chi connectivity index (χ4v) is 4.75. The van der Waals surface area contributed by atoms with Crippen LogP contribution >= 0.6 is 34.7 Å². The molecule has 1 aromatic heterocycles. The second kappa shape index (κ2) is 4.27. The van der Waals surface area contributed by atoms with Gasteiger partial charge in [-0.05, 0) is 25.1 Å². The highest BCUT2D eigenvalue weighted by molar-refractivity contribution is 8.17. The molecule has 3 heterocycles. The first kappa shape index (κ1) is 11.8. The Kier molecular flexibility index (Phi) is 2.65. The molecule has 2 aromatic rings. The van der Waals surface area contributed by atoms with Gasteiger partial charge in [0.05, 0.1) is 12.2 Å². The van der Waals surface area contributed by atoms with E-state index in [-0.39, 0.29) is 0 Å². The van der Waals surface area contributed by atoms with Crippen molar-refractivity contribution >= 4 is 55.7 Å². The molecular weight excluding hydrogens is 296 g/mol. The van der Waals surface area contributed by atoms with Crippen LogP contribution in [0, 0.1) is 0 Å². The molecule has 0 bridgehead atoms. The molecule has 4 rings (SSSR count). The van der Waals surface area contributed by atoms with Gasteiger partial charge in [0, 0.05) is 37.5 Å². The summed E-state index contributed by atoms with van der Waals surface area (Å²) in [5.41, 5.74) is 2.61. The molecule has 2 nitrogen and oxygen atoms in total. The van der Waals surface area contributed by atoms with Gasteiger partial charge < -0.3 is 4.90 Å². The molecule has 0 fully saturated rings. The molecule has 19 heavy (non-hydrogen) atoms. The van der Waals surface area contributed by atoms with Crippen LogP contribution in [0.3, 0.4) is 0 Å². The van der Waals surface area contributed by atoms with Gasteiger partial charge in [-0.1, -0.05) is 23.4 Å². The molecule has 0 unspecified atom stereocenters. The highest BCUT2D eigenvalue weighted by atomic mass is 35.5. The highest BCUT2D eigenvalue weighted by Gasteiger charge is 2.32. The molecule has 1 aromatic carbocycles. The van der Waals surface area contributed by atoms with Crippen LogP contribution in [0.2, 0.25) is 5.02 Å². The summed E-state index contributed by atoms with van der Waals surface area (Å²) in [6.45, 7) is 4.07. The fourth-order valence-electron chi connectivity index (χ4n) is 2.62. The van der Waals surface area contributed by atoms with E-state index in [0.717, 1.165) is 23.3 Å². The lowest BCUT2D eigenvalue weighted by atomic mass is 10.1. The average molecular weight is 307 g/mol. The molecule has 0 radical (unpaired) electrons. The number of hydrogen-bond acceptors (Lipinski definition) is 4. The Bertz CT molecular complexity index is 745. The van der Waals surface area contributed by atoms with Crippen LogP contribution < -0.4 is 0 Å². The number of aliphatic imine (C=N–C) groups is 1. The lowest BCUT2D eigenvalue weighted by molar-refractivity contribution is 0.649. The van der Waals surface area contributed by atoms with Gasteiger partial charge in [0.15, 0.2) is 5.17 Å². The lowest BCUT2D eigenvalue weighted by Gasteiger charge is -2.16. The third-order valence-corrected chi connectivity index (χ3v) is 5.67. The monoisotopic (exact) mass is 306 g/mol. The van der Waals surface area contributed by atoms with E-state index < -0.39 is 0 Å². The third-order valence-electron chi connectivity index (χ3n) is 3.44. The molecule has 0 amide bonds. The van der Waals surface area contributed by atoms with E-state index in [1.165, 1.54) is 26.3 Å². The van der Waals surface area contributed by atoms with Crippen LogP contribution in [-0.2, 0) is 0 Å². The number of hydrogen-bond donors (Lipinski definition) is 0. The van der Waals surface area contributed by atoms with Crippen molar-refractivity contribution in [2.45, 2.75) is 6.92 Å². The van der Waals surface area contributed by atoms with Crippen molar-refractivity contribution in [3.05, 3.63) is 39.1 Å². The van der Waals surface area contributed by atoms with Gasteiger partial charge in [-0.25, -0.2) is 0 Å². The molecule has 0 saturated heterocycles. The second-order valence-electron chi connectivity index (χ2n) is 4.61. The highest BCUT2D eigenvalue weighted by Crippen LogP contribution is 2.44. The Balaban J connectivity index is 1.93. The summed E-state index contributed by atoms with van der Waals surface area (Å²) in [6.07, 6.45) is 0. The van der Waals surface area contributed by atoms with Gasteiger partial charge >= 0.3 is 0 Å². The summed E-state index contributed by atoms with van der Waals surface area (Å²) in [5.74, 6) is 0. The van der Waals surface area contributed by atoms with Crippen LogP contribution in [-0.4, -0.2) is 23.2 Å². The van der Waals surface area contributed by atoms with Crippen LogP contribution in [0.4, 0.5) is 0 Å². The normalized spacial score (nSPS) is 18.4. The first-order valence-electron chi connectivity index (χ1n) is 6.12. The minimum Gasteiger partial charge on any atom is -0.318 e. The van der Waals surface area contributed by atoms with Crippen LogP contribution in [0.15, 0.2) is 33.5 Å². The zero-order valence-electron chi connectivity index (χ0n) is 10.3. The number of benzene rings is 1. The molecular formula is C14H11ClN2S2. The van der Waals surface area contributed by atoms with Crippen LogP contribution in [0.5, 0.6) is 0 Å². The number of nitrogens with zero attached hydrogens (tertiary/aromatic N) is 2. The summed E-state index contributed by atoms with van der Waals surface area (Å²) in [5, 5.41) is 5.43. The molecule has 2 aliphatic rings. The maximum atomic E-state index is 6.15. The van der Waals surface area contributed by atoms with E-state index in [1.807, 2.05) is 6.07 Å². The minimum absolute atomic E-state index is 0.798. The van der Waals surface area contributed by atoms with E-state index >= 15 is 0 Å². The predicted molar refractivity (Wildman–Crippen MR) is 86.0 cm³/mol. The Morgan fingerprint density at radius 3 is 3.16 bits per heavy atom. The largest absolute Gasteiger partial charge is 0.318 e. The summed E-state index contributed by atoms with van der Waals surface area (Å²) in [6, 6.07) is 6.12. The molecule has 0 aliphatic carbocycles. The topological polar surface area (TPSA) is 15.6 Å². The van der Waals surface area contributed by atoms with Gasteiger partial charge in [-0.15, -0.1) is 11.3 Å². The zero-order chi connectivity index (χ0) is 13.0. The van der Waals surface area contributed by atoms with E-state index in [2.05, 4.69) is 34.3 Å². The number of allylic oxidation sites excluding steroid dienone is 1. The molecule has 5 heteroatoms. The van der Waals surface area contributed by atoms with Crippen molar-refractivity contribution in [1.82, 2.24) is 4.90 Å². The number of thiophene rings is 1. The smallest absolute Gasteiger partial charge is 0.168 e. The molecule has 0 atom stereocenters. The quantitative estimate of drug-likeness (QED) is 0.761. The molecule has 0 saturated carbocycles. The second-order valence-corrected chi connectivity index (χ2v) is 7.14. The van der Waals surface area contributed by atoms with Gasteiger partial charge in [-0.2, -0.15) is 0 Å². The van der Waals surface area contributed by atoms with Crippen molar-refractivity contribution < 1.29 is 0 Å². The van der Waals surface area contributed by atoms with Crippen molar-refractivity contribution in [1.29, 1.82) is 0 Å². The standard InChI is InChI=1S/C14H11ClN2S2/c1-8-13(17-5-4-16-14(17)19-8)11-7-18-12-3-2-9(15)6-10(11)12/h2-3,6-7H,4-5H2,1H3. The Morgan fingerprint density at radius 1 is 1.37 bits per heavy atom. The SMILES string of the molecule is CC1=C(c2csc3ccc(Cl)cc23)N2CCN=C2S1. The number of amidine groups is 1. The number of rotatable bonds is 1. The van der Waals surface area contributed by atoms with Crippen molar-refractivity contribution in [3.8, 4) is 0 Å². The average Bonchev–Trinajstić information content (AvgIpc) is 3.03. The van der Waals surface area contributed by atoms with Crippen molar-refractivity contribution in [2.24, 2.45) is 4.99 Å². The predicted octanol–water partition coefficient (Wildman–Crippen LogP) is 4.66. The van der Waals surface area contributed by atoms with Crippen molar-refractivity contribution in [3.63, 3.8) is 0 Å². The van der Waals surface area contributed by atoms with E-state index in [0.29, 0.717) is 0 Å². The molecule has 0 spiro atoms. The van der Waals surface area contributed by atoms with Gasteiger partial charge in [0.1, 0.15) is 0 Å². The maximum Gasteiger partial charge on any atom is 0.168 e. The fraction of sp³-hybridized carbons (Fsp3) is 0.214. The maximum absolute atomic E-state index is 6.15.